The lowest BCUT2D eigenvalue weighted by Gasteiger charge is -2.55. The van der Waals surface area contributed by atoms with Gasteiger partial charge in [-0.15, -0.1) is 0 Å². The molecule has 4 aliphatic carbocycles. The standard InChI is InChI=1S/C23H32/c1-6-18-15(3)12-20-19(18)7-8-22-21(20)13-17-11-14(2)9-10-23(22,5)16(17)4/h6,17,19-22H,2-4,7-13H2,1,5H3/b18-6+. The normalized spacial score (nSPS) is 48.2. The summed E-state index contributed by atoms with van der Waals surface area (Å²) < 4.78 is 0. The third-order valence-corrected chi connectivity index (χ3v) is 8.11. The van der Waals surface area contributed by atoms with Gasteiger partial charge in [-0.1, -0.05) is 49.5 Å². The molecule has 2 bridgehead atoms. The van der Waals surface area contributed by atoms with Crippen molar-refractivity contribution in [1.29, 1.82) is 0 Å². The predicted octanol–water partition coefficient (Wildman–Crippen LogP) is 6.47. The van der Waals surface area contributed by atoms with E-state index in [2.05, 4.69) is 39.7 Å². The second kappa shape index (κ2) is 5.23. The lowest BCUT2D eigenvalue weighted by molar-refractivity contribution is -0.00191. The van der Waals surface area contributed by atoms with Crippen LogP contribution in [-0.2, 0) is 0 Å². The first kappa shape index (κ1) is 15.5. The van der Waals surface area contributed by atoms with Gasteiger partial charge in [-0.3, -0.25) is 0 Å². The summed E-state index contributed by atoms with van der Waals surface area (Å²) in [5, 5.41) is 0. The van der Waals surface area contributed by atoms with E-state index >= 15 is 0 Å². The van der Waals surface area contributed by atoms with E-state index in [0.29, 0.717) is 11.3 Å². The lowest BCUT2D eigenvalue weighted by Crippen LogP contribution is -2.47. The molecule has 6 atom stereocenters. The van der Waals surface area contributed by atoms with E-state index in [-0.39, 0.29) is 0 Å². The topological polar surface area (TPSA) is 0 Å². The summed E-state index contributed by atoms with van der Waals surface area (Å²) in [6.07, 6.45) is 11.4. The Labute approximate surface area is 142 Å². The maximum atomic E-state index is 4.62. The van der Waals surface area contributed by atoms with Crippen LogP contribution in [-0.4, -0.2) is 0 Å². The van der Waals surface area contributed by atoms with Crippen LogP contribution in [0.2, 0.25) is 0 Å². The summed E-state index contributed by atoms with van der Waals surface area (Å²) in [5.41, 5.74) is 6.43. The van der Waals surface area contributed by atoms with Gasteiger partial charge in [0.1, 0.15) is 0 Å². The molecule has 124 valence electrons. The van der Waals surface area contributed by atoms with Crippen molar-refractivity contribution < 1.29 is 0 Å². The van der Waals surface area contributed by atoms with Crippen molar-refractivity contribution in [2.75, 3.05) is 0 Å². The third-order valence-electron chi connectivity index (χ3n) is 8.11. The smallest absolute Gasteiger partial charge is 0.00821 e. The summed E-state index contributed by atoms with van der Waals surface area (Å²) in [5.74, 6) is 4.08. The molecular formula is C23H32. The van der Waals surface area contributed by atoms with Gasteiger partial charge in [-0.05, 0) is 92.4 Å². The first-order valence-electron chi connectivity index (χ1n) is 9.66. The van der Waals surface area contributed by atoms with Crippen molar-refractivity contribution in [1.82, 2.24) is 0 Å². The highest BCUT2D eigenvalue weighted by Crippen LogP contribution is 2.65. The van der Waals surface area contributed by atoms with Crippen LogP contribution in [0, 0.1) is 35.0 Å². The molecule has 0 aromatic rings. The van der Waals surface area contributed by atoms with Crippen LogP contribution in [0.15, 0.2) is 48.1 Å². The maximum absolute atomic E-state index is 4.62. The molecule has 0 spiro atoms. The largest absolute Gasteiger partial charge is 0.0998 e. The van der Waals surface area contributed by atoms with E-state index in [1.165, 1.54) is 56.1 Å². The Balaban J connectivity index is 1.72. The molecule has 23 heavy (non-hydrogen) atoms. The van der Waals surface area contributed by atoms with Gasteiger partial charge >= 0.3 is 0 Å². The molecule has 4 rings (SSSR count). The van der Waals surface area contributed by atoms with E-state index in [9.17, 15) is 0 Å². The quantitative estimate of drug-likeness (QED) is 0.450. The Kier molecular flexibility index (Phi) is 3.52. The average Bonchev–Trinajstić information content (AvgIpc) is 2.83. The fourth-order valence-electron chi connectivity index (χ4n) is 6.89. The molecule has 4 saturated carbocycles. The second-order valence-corrected chi connectivity index (χ2v) is 9.00. The SMILES string of the molecule is C=C1CCC2(C)C(=C)C(C1)CC1C3CC(=C)/C(=C\C)C3CCC12. The summed E-state index contributed by atoms with van der Waals surface area (Å²) in [7, 11) is 0. The maximum Gasteiger partial charge on any atom is -0.00821 e. The summed E-state index contributed by atoms with van der Waals surface area (Å²) >= 11 is 0. The minimum absolute atomic E-state index is 0.359. The van der Waals surface area contributed by atoms with Crippen LogP contribution >= 0.6 is 0 Å². The highest BCUT2D eigenvalue weighted by Gasteiger charge is 2.55. The zero-order valence-electron chi connectivity index (χ0n) is 15.0. The van der Waals surface area contributed by atoms with Crippen molar-refractivity contribution in [2.24, 2.45) is 35.0 Å². The molecule has 0 aliphatic heterocycles. The van der Waals surface area contributed by atoms with Crippen molar-refractivity contribution in [2.45, 2.75) is 58.8 Å². The number of rotatable bonds is 0. The summed E-state index contributed by atoms with van der Waals surface area (Å²) in [6, 6.07) is 0. The molecule has 0 N–H and O–H groups in total. The van der Waals surface area contributed by atoms with Crippen molar-refractivity contribution in [3.8, 4) is 0 Å². The number of allylic oxidation sites excluding steroid dienone is 5. The van der Waals surface area contributed by atoms with Crippen molar-refractivity contribution >= 4 is 0 Å². The highest BCUT2D eigenvalue weighted by molar-refractivity contribution is 5.38. The minimum atomic E-state index is 0.359. The number of hydrogen-bond acceptors (Lipinski definition) is 0. The molecule has 0 heterocycles. The van der Waals surface area contributed by atoms with Gasteiger partial charge in [0.2, 0.25) is 0 Å². The van der Waals surface area contributed by atoms with E-state index in [4.69, 9.17) is 0 Å². The van der Waals surface area contributed by atoms with Gasteiger partial charge in [0, 0.05) is 0 Å². The number of fused-ring (bicyclic) bond motifs is 6. The Morgan fingerprint density at radius 3 is 2.61 bits per heavy atom. The molecule has 0 aromatic carbocycles. The molecule has 0 heteroatoms. The van der Waals surface area contributed by atoms with Gasteiger partial charge < -0.3 is 0 Å². The predicted molar refractivity (Wildman–Crippen MR) is 99.1 cm³/mol. The fourth-order valence-corrected chi connectivity index (χ4v) is 6.89. The molecule has 4 aliphatic rings. The van der Waals surface area contributed by atoms with E-state index in [1.54, 1.807) is 11.1 Å². The van der Waals surface area contributed by atoms with Crippen LogP contribution in [0.4, 0.5) is 0 Å². The first-order chi connectivity index (χ1) is 11.0. The fraction of sp³-hybridized carbons (Fsp3) is 0.652. The monoisotopic (exact) mass is 308 g/mol. The lowest BCUT2D eigenvalue weighted by atomic mass is 9.49. The van der Waals surface area contributed by atoms with E-state index in [1.807, 2.05) is 0 Å². The Morgan fingerprint density at radius 1 is 1.09 bits per heavy atom. The van der Waals surface area contributed by atoms with Gasteiger partial charge in [0.05, 0.1) is 0 Å². The minimum Gasteiger partial charge on any atom is -0.0998 e. The van der Waals surface area contributed by atoms with E-state index in [0.717, 1.165) is 23.7 Å². The highest BCUT2D eigenvalue weighted by atomic mass is 14.6. The van der Waals surface area contributed by atoms with Crippen LogP contribution < -0.4 is 0 Å². The zero-order chi connectivity index (χ0) is 16.4. The average molecular weight is 309 g/mol. The second-order valence-electron chi connectivity index (χ2n) is 9.00. The zero-order valence-corrected chi connectivity index (χ0v) is 15.0. The van der Waals surface area contributed by atoms with Crippen LogP contribution in [0.3, 0.4) is 0 Å². The summed E-state index contributed by atoms with van der Waals surface area (Å²) in [4.78, 5) is 0. The molecule has 4 fully saturated rings. The molecule has 0 radical (unpaired) electrons. The van der Waals surface area contributed by atoms with Crippen LogP contribution in [0.1, 0.15) is 58.8 Å². The Hall–Kier alpha value is -1.04. The van der Waals surface area contributed by atoms with Crippen molar-refractivity contribution in [3.05, 3.63) is 48.1 Å². The third kappa shape index (κ3) is 2.10. The molecule has 0 amide bonds. The number of hydrogen-bond donors (Lipinski definition) is 0. The Bertz CT molecular complexity index is 604. The van der Waals surface area contributed by atoms with Gasteiger partial charge in [0.15, 0.2) is 0 Å². The van der Waals surface area contributed by atoms with Gasteiger partial charge in [0.25, 0.3) is 0 Å². The molecule has 0 nitrogen and oxygen atoms in total. The first-order valence-corrected chi connectivity index (χ1v) is 9.66. The molecule has 6 unspecified atom stereocenters. The van der Waals surface area contributed by atoms with Gasteiger partial charge in [-0.25, -0.2) is 0 Å². The van der Waals surface area contributed by atoms with Gasteiger partial charge in [-0.2, -0.15) is 0 Å². The van der Waals surface area contributed by atoms with Crippen LogP contribution in [0.5, 0.6) is 0 Å². The van der Waals surface area contributed by atoms with Crippen LogP contribution in [0.25, 0.3) is 0 Å². The van der Waals surface area contributed by atoms with E-state index < -0.39 is 0 Å². The summed E-state index contributed by atoms with van der Waals surface area (Å²) in [6.45, 7) is 18.1. The molecule has 0 saturated heterocycles. The molecular weight excluding hydrogens is 276 g/mol. The van der Waals surface area contributed by atoms with Crippen molar-refractivity contribution in [3.63, 3.8) is 0 Å². The molecule has 0 aromatic heterocycles. The Morgan fingerprint density at radius 2 is 1.87 bits per heavy atom.